The number of rotatable bonds is 7. The molecule has 0 bridgehead atoms. The Labute approximate surface area is 239 Å². The van der Waals surface area contributed by atoms with E-state index in [0.717, 1.165) is 42.4 Å². The summed E-state index contributed by atoms with van der Waals surface area (Å²) in [6, 6.07) is 13.3. The minimum atomic E-state index is -0.532. The second kappa shape index (κ2) is 11.2. The van der Waals surface area contributed by atoms with Crippen molar-refractivity contribution in [2.45, 2.75) is 31.1 Å². The van der Waals surface area contributed by atoms with Crippen LogP contribution in [0.4, 0.5) is 0 Å². The van der Waals surface area contributed by atoms with E-state index in [9.17, 15) is 9.59 Å². The van der Waals surface area contributed by atoms with Gasteiger partial charge in [-0.2, -0.15) is 13.5 Å². The lowest BCUT2D eigenvalue weighted by molar-refractivity contribution is -0.158. The van der Waals surface area contributed by atoms with Crippen molar-refractivity contribution < 1.29 is 19.1 Å². The SMILES string of the molecule is CN(C)C(=O)c1ccc(OCC[C@@H]2CC23CCN(C(=O)C2(c4ccc(Br)cc4)COC2)CC3)cc1Cl.S. The van der Waals surface area contributed by atoms with Crippen LogP contribution in [0.5, 0.6) is 5.75 Å². The molecule has 0 aromatic heterocycles. The van der Waals surface area contributed by atoms with E-state index in [-0.39, 0.29) is 25.3 Å². The van der Waals surface area contributed by atoms with Gasteiger partial charge in [0, 0.05) is 31.7 Å². The van der Waals surface area contributed by atoms with E-state index in [1.165, 1.54) is 11.3 Å². The number of piperidine rings is 1. The van der Waals surface area contributed by atoms with Crippen LogP contribution in [0.2, 0.25) is 5.02 Å². The van der Waals surface area contributed by atoms with Crippen molar-refractivity contribution in [3.05, 3.63) is 63.1 Å². The minimum absolute atomic E-state index is 0. The van der Waals surface area contributed by atoms with Gasteiger partial charge in [0.15, 0.2) is 0 Å². The molecule has 37 heavy (non-hydrogen) atoms. The molecule has 6 nitrogen and oxygen atoms in total. The van der Waals surface area contributed by atoms with Gasteiger partial charge in [-0.1, -0.05) is 39.7 Å². The molecule has 9 heteroatoms. The summed E-state index contributed by atoms with van der Waals surface area (Å²) >= 11 is 9.78. The number of ether oxygens (including phenoxy) is 2. The standard InChI is InChI=1S/C28H32BrClN2O4.H2S/c1-31(2)25(33)23-8-7-22(15-24(23)30)36-14-9-20-16-27(20)10-12-32(13-11-27)26(34)28(17-35-18-28)19-3-5-21(29)6-4-19;/h3-8,15,20H,9-14,16-18H2,1-2H3;1H2/t20-;/m1./s1. The predicted octanol–water partition coefficient (Wildman–Crippen LogP) is 5.28. The Bertz CT molecular complexity index is 1150. The molecular weight excluding hydrogens is 576 g/mol. The van der Waals surface area contributed by atoms with E-state index in [0.29, 0.717) is 47.5 Å². The molecule has 200 valence electrons. The van der Waals surface area contributed by atoms with Gasteiger partial charge >= 0.3 is 0 Å². The number of hydrogen-bond donors (Lipinski definition) is 0. The summed E-state index contributed by atoms with van der Waals surface area (Å²) in [5.74, 6) is 1.40. The monoisotopic (exact) mass is 608 g/mol. The van der Waals surface area contributed by atoms with Crippen LogP contribution in [-0.4, -0.2) is 68.6 Å². The molecule has 2 aromatic carbocycles. The lowest BCUT2D eigenvalue weighted by Gasteiger charge is -2.45. The van der Waals surface area contributed by atoms with Crippen LogP contribution in [-0.2, 0) is 14.9 Å². The third kappa shape index (κ3) is 5.54. The van der Waals surface area contributed by atoms with Gasteiger partial charge in [0.2, 0.25) is 5.91 Å². The smallest absolute Gasteiger partial charge is 0.254 e. The van der Waals surface area contributed by atoms with Crippen LogP contribution >= 0.6 is 41.0 Å². The summed E-state index contributed by atoms with van der Waals surface area (Å²) in [5, 5.41) is 0.406. The zero-order valence-corrected chi connectivity index (χ0v) is 24.6. The summed E-state index contributed by atoms with van der Waals surface area (Å²) in [6.45, 7) is 3.17. The Morgan fingerprint density at radius 1 is 1.14 bits per heavy atom. The Hall–Kier alpha value is -1.74. The van der Waals surface area contributed by atoms with E-state index in [4.69, 9.17) is 21.1 Å². The molecule has 0 unspecified atom stereocenters. The number of nitrogens with zero attached hydrogens (tertiary/aromatic N) is 2. The maximum Gasteiger partial charge on any atom is 0.254 e. The minimum Gasteiger partial charge on any atom is -0.494 e. The number of carbonyl (C=O) groups is 2. The van der Waals surface area contributed by atoms with Crippen LogP contribution in [0.25, 0.3) is 0 Å². The van der Waals surface area contributed by atoms with Gasteiger partial charge in [0.25, 0.3) is 5.91 Å². The number of likely N-dealkylation sites (tertiary alicyclic amines) is 1. The van der Waals surface area contributed by atoms with E-state index in [2.05, 4.69) is 20.8 Å². The molecule has 2 aliphatic heterocycles. The highest BCUT2D eigenvalue weighted by atomic mass is 79.9. The summed E-state index contributed by atoms with van der Waals surface area (Å²) in [5.41, 5.74) is 1.34. The van der Waals surface area contributed by atoms with Crippen molar-refractivity contribution in [1.82, 2.24) is 9.80 Å². The second-order valence-electron chi connectivity index (χ2n) is 10.6. The second-order valence-corrected chi connectivity index (χ2v) is 11.9. The molecule has 1 atom stereocenters. The fourth-order valence-electron chi connectivity index (χ4n) is 5.72. The maximum absolute atomic E-state index is 13.5. The number of halogens is 2. The van der Waals surface area contributed by atoms with Crippen LogP contribution in [0, 0.1) is 11.3 Å². The highest BCUT2D eigenvalue weighted by Gasteiger charge is 2.56. The molecule has 1 saturated carbocycles. The number of carbonyl (C=O) groups excluding carboxylic acids is 2. The van der Waals surface area contributed by atoms with Crippen molar-refractivity contribution in [2.75, 3.05) is 47.0 Å². The normalized spacial score (nSPS) is 21.0. The largest absolute Gasteiger partial charge is 0.494 e. The van der Waals surface area contributed by atoms with Gasteiger partial charge in [-0.05, 0) is 72.9 Å². The summed E-state index contributed by atoms with van der Waals surface area (Å²) < 4.78 is 12.5. The molecule has 2 aromatic rings. The van der Waals surface area contributed by atoms with E-state index in [1.54, 1.807) is 32.3 Å². The average Bonchev–Trinajstić information content (AvgIpc) is 3.50. The maximum atomic E-state index is 13.5. The quantitative estimate of drug-likeness (QED) is 0.429. The predicted molar refractivity (Wildman–Crippen MR) is 153 cm³/mol. The van der Waals surface area contributed by atoms with Crippen molar-refractivity contribution in [2.24, 2.45) is 11.3 Å². The highest BCUT2D eigenvalue weighted by molar-refractivity contribution is 9.10. The zero-order chi connectivity index (χ0) is 25.5. The van der Waals surface area contributed by atoms with E-state index in [1.807, 2.05) is 24.3 Å². The Morgan fingerprint density at radius 2 is 1.81 bits per heavy atom. The Morgan fingerprint density at radius 3 is 2.38 bits per heavy atom. The molecule has 1 spiro atoms. The van der Waals surface area contributed by atoms with E-state index >= 15 is 0 Å². The number of amides is 2. The first-order valence-electron chi connectivity index (χ1n) is 12.5. The molecule has 2 heterocycles. The summed E-state index contributed by atoms with van der Waals surface area (Å²) in [7, 11) is 3.41. The highest BCUT2D eigenvalue weighted by Crippen LogP contribution is 2.61. The lowest BCUT2D eigenvalue weighted by Crippen LogP contribution is -2.59. The Kier molecular flexibility index (Phi) is 8.53. The van der Waals surface area contributed by atoms with Gasteiger partial charge in [-0.25, -0.2) is 0 Å². The third-order valence-corrected chi connectivity index (χ3v) is 9.06. The number of hydrogen-bond acceptors (Lipinski definition) is 4. The van der Waals surface area contributed by atoms with Gasteiger partial charge in [0.1, 0.15) is 11.2 Å². The van der Waals surface area contributed by atoms with Gasteiger partial charge < -0.3 is 19.3 Å². The molecule has 3 fully saturated rings. The molecule has 5 rings (SSSR count). The van der Waals surface area contributed by atoms with Crippen molar-refractivity contribution in [3.63, 3.8) is 0 Å². The summed E-state index contributed by atoms with van der Waals surface area (Å²) in [6.07, 6.45) is 4.29. The molecule has 1 aliphatic carbocycles. The van der Waals surface area contributed by atoms with Crippen molar-refractivity contribution in [1.29, 1.82) is 0 Å². The van der Waals surface area contributed by atoms with Crippen LogP contribution < -0.4 is 4.74 Å². The number of benzene rings is 2. The first-order valence-corrected chi connectivity index (χ1v) is 13.7. The molecule has 2 amide bonds. The molecule has 0 radical (unpaired) electrons. The molecular formula is C28H34BrClN2O4S. The van der Waals surface area contributed by atoms with Crippen LogP contribution in [0.1, 0.15) is 41.6 Å². The first-order chi connectivity index (χ1) is 17.2. The molecule has 0 N–H and O–H groups in total. The van der Waals surface area contributed by atoms with E-state index < -0.39 is 5.41 Å². The van der Waals surface area contributed by atoms with Crippen molar-refractivity contribution in [3.8, 4) is 5.75 Å². The fourth-order valence-corrected chi connectivity index (χ4v) is 6.23. The topological polar surface area (TPSA) is 59.1 Å². The third-order valence-electron chi connectivity index (χ3n) is 8.22. The Balaban J connectivity index is 0.00000320. The van der Waals surface area contributed by atoms with Gasteiger partial charge in [-0.3, -0.25) is 9.59 Å². The summed E-state index contributed by atoms with van der Waals surface area (Å²) in [4.78, 5) is 29.3. The first kappa shape index (κ1) is 28.3. The molecule has 3 aliphatic rings. The molecule has 2 saturated heterocycles. The fraction of sp³-hybridized carbons (Fsp3) is 0.500. The average molecular weight is 610 g/mol. The lowest BCUT2D eigenvalue weighted by atomic mass is 9.76. The van der Waals surface area contributed by atoms with Gasteiger partial charge in [0.05, 0.1) is 30.4 Å². The van der Waals surface area contributed by atoms with Gasteiger partial charge in [-0.15, -0.1) is 0 Å². The van der Waals surface area contributed by atoms with Crippen LogP contribution in [0.3, 0.4) is 0 Å². The zero-order valence-electron chi connectivity index (χ0n) is 21.3. The van der Waals surface area contributed by atoms with Crippen LogP contribution in [0.15, 0.2) is 46.9 Å². The van der Waals surface area contributed by atoms with Crippen molar-refractivity contribution >= 4 is 52.8 Å².